The van der Waals surface area contributed by atoms with E-state index in [0.717, 1.165) is 12.1 Å². The minimum Gasteiger partial charge on any atom is -0.251 e. The third kappa shape index (κ3) is 3.79. The second-order valence-electron chi connectivity index (χ2n) is 6.37. The first-order chi connectivity index (χ1) is 14.6. The first kappa shape index (κ1) is 20.7. The molecule has 0 aliphatic heterocycles. The van der Waals surface area contributed by atoms with Crippen LogP contribution in [-0.4, -0.2) is 43.3 Å². The highest BCUT2D eigenvalue weighted by Gasteiger charge is 2.31. The highest BCUT2D eigenvalue weighted by atomic mass is 32.2. The summed E-state index contributed by atoms with van der Waals surface area (Å²) in [6.45, 7) is 1.44. The van der Waals surface area contributed by atoms with Gasteiger partial charge in [0.1, 0.15) is 11.3 Å². The second-order valence-corrected chi connectivity index (χ2v) is 8.61. The highest BCUT2D eigenvalue weighted by molar-refractivity contribution is 7.91. The molecule has 0 bridgehead atoms. The van der Waals surface area contributed by atoms with E-state index in [-0.39, 0.29) is 27.8 Å². The van der Waals surface area contributed by atoms with Crippen molar-refractivity contribution in [1.29, 1.82) is 0 Å². The SMILES string of the molecule is CCS(=O)(=O)c1cc(-n2cccn2)cnc1-c1nc(=O)n2cc(C(F)(F)F)ccc2n1. The van der Waals surface area contributed by atoms with Gasteiger partial charge >= 0.3 is 11.9 Å². The molecule has 0 spiro atoms. The summed E-state index contributed by atoms with van der Waals surface area (Å²) in [5.74, 6) is -0.574. The first-order valence-corrected chi connectivity index (χ1v) is 10.5. The Kier molecular flexibility index (Phi) is 4.84. The highest BCUT2D eigenvalue weighted by Crippen LogP contribution is 2.29. The van der Waals surface area contributed by atoms with E-state index in [9.17, 15) is 26.4 Å². The molecule has 0 aliphatic rings. The predicted octanol–water partition coefficient (Wildman–Crippen LogP) is 2.15. The van der Waals surface area contributed by atoms with Gasteiger partial charge in [-0.3, -0.25) is 4.40 Å². The maximum atomic E-state index is 12.9. The lowest BCUT2D eigenvalue weighted by molar-refractivity contribution is -0.137. The standard InChI is InChI=1S/C18H13F3N6O3S/c1-2-31(29,30)13-8-12(27-7-3-6-23-27)9-22-15(13)16-24-14-5-4-11(18(19,20)21)10-26(14)17(28)25-16/h3-10H,2H2,1H3. The number of fused-ring (bicyclic) bond motifs is 1. The third-order valence-corrected chi connectivity index (χ3v) is 6.16. The third-order valence-electron chi connectivity index (χ3n) is 4.42. The van der Waals surface area contributed by atoms with Gasteiger partial charge in [0, 0.05) is 18.6 Å². The molecule has 0 fully saturated rings. The van der Waals surface area contributed by atoms with Crippen molar-refractivity contribution in [2.75, 3.05) is 5.75 Å². The Balaban J connectivity index is 1.94. The van der Waals surface area contributed by atoms with Crippen LogP contribution in [0.4, 0.5) is 13.2 Å². The van der Waals surface area contributed by atoms with Gasteiger partial charge in [-0.15, -0.1) is 0 Å². The molecule has 160 valence electrons. The predicted molar refractivity (Wildman–Crippen MR) is 102 cm³/mol. The zero-order valence-electron chi connectivity index (χ0n) is 15.8. The van der Waals surface area contributed by atoms with Crippen LogP contribution in [0.25, 0.3) is 22.9 Å². The van der Waals surface area contributed by atoms with Gasteiger partial charge in [-0.1, -0.05) is 6.92 Å². The molecule has 0 saturated carbocycles. The van der Waals surface area contributed by atoms with E-state index >= 15 is 0 Å². The van der Waals surface area contributed by atoms with Gasteiger partial charge in [0.05, 0.1) is 28.1 Å². The van der Waals surface area contributed by atoms with Crippen LogP contribution in [0.2, 0.25) is 0 Å². The Morgan fingerprint density at radius 3 is 2.58 bits per heavy atom. The van der Waals surface area contributed by atoms with Crippen LogP contribution in [0.15, 0.2) is 58.7 Å². The molecule has 31 heavy (non-hydrogen) atoms. The van der Waals surface area contributed by atoms with Gasteiger partial charge < -0.3 is 0 Å². The van der Waals surface area contributed by atoms with E-state index in [0.29, 0.717) is 16.3 Å². The number of rotatable bonds is 4. The zero-order chi connectivity index (χ0) is 22.4. The second kappa shape index (κ2) is 7.27. The molecule has 0 unspecified atom stereocenters. The fourth-order valence-electron chi connectivity index (χ4n) is 2.83. The molecular weight excluding hydrogens is 437 g/mol. The van der Waals surface area contributed by atoms with Crippen molar-refractivity contribution in [3.8, 4) is 17.2 Å². The normalized spacial score (nSPS) is 12.4. The van der Waals surface area contributed by atoms with E-state index in [4.69, 9.17) is 0 Å². The van der Waals surface area contributed by atoms with Gasteiger partial charge in [-0.2, -0.15) is 23.3 Å². The number of sulfone groups is 1. The van der Waals surface area contributed by atoms with Crippen LogP contribution in [0, 0.1) is 0 Å². The number of pyridine rings is 2. The van der Waals surface area contributed by atoms with E-state index < -0.39 is 27.3 Å². The van der Waals surface area contributed by atoms with Crippen LogP contribution in [0.1, 0.15) is 12.5 Å². The molecule has 0 amide bonds. The molecule has 4 aromatic rings. The molecule has 0 radical (unpaired) electrons. The lowest BCUT2D eigenvalue weighted by Gasteiger charge is -2.11. The van der Waals surface area contributed by atoms with Gasteiger partial charge in [-0.25, -0.2) is 27.9 Å². The van der Waals surface area contributed by atoms with Crippen LogP contribution in [-0.2, 0) is 16.0 Å². The van der Waals surface area contributed by atoms with Crippen LogP contribution in [0.5, 0.6) is 0 Å². The average Bonchev–Trinajstić information content (AvgIpc) is 3.27. The lowest BCUT2D eigenvalue weighted by atomic mass is 10.2. The lowest BCUT2D eigenvalue weighted by Crippen LogP contribution is -2.22. The van der Waals surface area contributed by atoms with Crippen LogP contribution >= 0.6 is 0 Å². The largest absolute Gasteiger partial charge is 0.417 e. The number of hydrogen-bond acceptors (Lipinski definition) is 7. The zero-order valence-corrected chi connectivity index (χ0v) is 16.6. The van der Waals surface area contributed by atoms with Gasteiger partial charge in [0.15, 0.2) is 15.7 Å². The monoisotopic (exact) mass is 450 g/mol. The van der Waals surface area contributed by atoms with Crippen molar-refractivity contribution in [2.24, 2.45) is 0 Å². The molecule has 0 atom stereocenters. The van der Waals surface area contributed by atoms with Gasteiger partial charge in [-0.05, 0) is 24.3 Å². The number of alkyl halides is 3. The molecule has 4 heterocycles. The summed E-state index contributed by atoms with van der Waals surface area (Å²) >= 11 is 0. The molecule has 4 aromatic heterocycles. The van der Waals surface area contributed by atoms with Crippen molar-refractivity contribution in [2.45, 2.75) is 18.0 Å². The van der Waals surface area contributed by atoms with Crippen LogP contribution < -0.4 is 5.69 Å². The topological polar surface area (TPSA) is 112 Å². The summed E-state index contributed by atoms with van der Waals surface area (Å²) in [7, 11) is -3.82. The Labute approximate surface area is 172 Å². The number of nitrogens with zero attached hydrogens (tertiary/aromatic N) is 6. The van der Waals surface area contributed by atoms with Gasteiger partial charge in [0.25, 0.3) is 0 Å². The van der Waals surface area contributed by atoms with Crippen molar-refractivity contribution in [3.05, 3.63) is 65.1 Å². The Morgan fingerprint density at radius 1 is 1.16 bits per heavy atom. The molecule has 0 aromatic carbocycles. The Morgan fingerprint density at radius 2 is 1.94 bits per heavy atom. The molecule has 9 nitrogen and oxygen atoms in total. The number of hydrogen-bond donors (Lipinski definition) is 0. The van der Waals surface area contributed by atoms with Crippen molar-refractivity contribution in [1.82, 2.24) is 29.1 Å². The van der Waals surface area contributed by atoms with Crippen molar-refractivity contribution < 1.29 is 21.6 Å². The average molecular weight is 450 g/mol. The number of halogens is 3. The molecule has 4 rings (SSSR count). The van der Waals surface area contributed by atoms with E-state index in [1.807, 2.05) is 0 Å². The minimum absolute atomic E-state index is 0.138. The fraction of sp³-hybridized carbons (Fsp3) is 0.167. The van der Waals surface area contributed by atoms with Crippen molar-refractivity contribution in [3.63, 3.8) is 0 Å². The molecule has 13 heteroatoms. The fourth-order valence-corrected chi connectivity index (χ4v) is 3.88. The smallest absolute Gasteiger partial charge is 0.251 e. The first-order valence-electron chi connectivity index (χ1n) is 8.81. The summed E-state index contributed by atoms with van der Waals surface area (Å²) in [6, 6.07) is 4.74. The van der Waals surface area contributed by atoms with Crippen LogP contribution in [0.3, 0.4) is 0 Å². The summed E-state index contributed by atoms with van der Waals surface area (Å²) < 4.78 is 66.2. The maximum absolute atomic E-state index is 12.9. The Hall–Kier alpha value is -3.61. The Bertz CT molecular complexity index is 1450. The molecule has 0 N–H and O–H groups in total. The maximum Gasteiger partial charge on any atom is 0.417 e. The van der Waals surface area contributed by atoms with E-state index in [2.05, 4.69) is 20.1 Å². The van der Waals surface area contributed by atoms with Gasteiger partial charge in [0.2, 0.25) is 0 Å². The summed E-state index contributed by atoms with van der Waals surface area (Å²) in [5.41, 5.74) is -2.07. The summed E-state index contributed by atoms with van der Waals surface area (Å²) in [4.78, 5) is 24.0. The molecule has 0 saturated heterocycles. The quantitative estimate of drug-likeness (QED) is 0.468. The minimum atomic E-state index is -4.65. The van der Waals surface area contributed by atoms with Crippen molar-refractivity contribution >= 4 is 15.5 Å². The van der Waals surface area contributed by atoms with E-state index in [1.54, 1.807) is 12.3 Å². The summed E-state index contributed by atoms with van der Waals surface area (Å²) in [6.07, 6.45) is 0.355. The molecular formula is C18H13F3N6O3S. The number of aromatic nitrogens is 6. The summed E-state index contributed by atoms with van der Waals surface area (Å²) in [5, 5.41) is 4.03. The molecule has 0 aliphatic carbocycles. The van der Waals surface area contributed by atoms with E-state index in [1.165, 1.54) is 30.1 Å².